The maximum absolute atomic E-state index is 11.4. The fourth-order valence-corrected chi connectivity index (χ4v) is 2.94. The lowest BCUT2D eigenvalue weighted by molar-refractivity contribution is -0.586. The number of thioether (sulfide) groups is 2. The lowest BCUT2D eigenvalue weighted by Gasteiger charge is -2.15. The molecule has 1 rings (SSSR count). The van der Waals surface area contributed by atoms with Crippen molar-refractivity contribution in [3.63, 3.8) is 0 Å². The summed E-state index contributed by atoms with van der Waals surface area (Å²) >= 11 is 3.21. The van der Waals surface area contributed by atoms with Crippen LogP contribution in [0.3, 0.4) is 0 Å². The molecule has 0 spiro atoms. The molecular weight excluding hydrogens is 228 g/mol. The Kier molecular flexibility index (Phi) is 4.84. The van der Waals surface area contributed by atoms with E-state index in [1.165, 1.54) is 0 Å². The van der Waals surface area contributed by atoms with Gasteiger partial charge >= 0.3 is 0 Å². The van der Waals surface area contributed by atoms with Crippen LogP contribution in [-0.2, 0) is 0 Å². The molecule has 0 bridgehead atoms. The SMILES string of the molecule is CSC(SC)/C(=C(\N)[O-])[n+]1ccccc1. The van der Waals surface area contributed by atoms with Gasteiger partial charge in [-0.25, -0.2) is 0 Å². The Morgan fingerprint density at radius 1 is 1.20 bits per heavy atom. The van der Waals surface area contributed by atoms with Gasteiger partial charge in [0.05, 0.1) is 0 Å². The molecule has 0 amide bonds. The monoisotopic (exact) mass is 242 g/mol. The van der Waals surface area contributed by atoms with Crippen molar-refractivity contribution in [2.45, 2.75) is 4.58 Å². The molecule has 3 nitrogen and oxygen atoms in total. The molecule has 0 aromatic carbocycles. The third-order valence-electron chi connectivity index (χ3n) is 1.90. The molecule has 0 unspecified atom stereocenters. The first-order valence-corrected chi connectivity index (χ1v) is 6.97. The van der Waals surface area contributed by atoms with E-state index >= 15 is 0 Å². The van der Waals surface area contributed by atoms with Crippen LogP contribution in [0.5, 0.6) is 0 Å². The molecule has 0 fully saturated rings. The quantitative estimate of drug-likeness (QED) is 0.474. The van der Waals surface area contributed by atoms with E-state index in [4.69, 9.17) is 5.73 Å². The van der Waals surface area contributed by atoms with E-state index in [1.807, 2.05) is 43.1 Å². The first-order valence-electron chi connectivity index (χ1n) is 4.39. The summed E-state index contributed by atoms with van der Waals surface area (Å²) in [6.45, 7) is 0. The van der Waals surface area contributed by atoms with Gasteiger partial charge in [0.25, 0.3) is 0 Å². The van der Waals surface area contributed by atoms with E-state index in [9.17, 15) is 5.11 Å². The standard InChI is InChI=1S/C10H14N2OS2/c1-14-10(15-2)8(9(11)13)12-6-4-3-5-7-12/h3-7,10H,11H2,1-2H3/b9-8-. The van der Waals surface area contributed by atoms with E-state index in [2.05, 4.69) is 0 Å². The van der Waals surface area contributed by atoms with E-state index in [0.29, 0.717) is 5.70 Å². The molecule has 0 aliphatic carbocycles. The van der Waals surface area contributed by atoms with Crippen molar-refractivity contribution >= 4 is 29.2 Å². The molecule has 1 aromatic rings. The molecule has 0 aliphatic rings. The third-order valence-corrected chi connectivity index (χ3v) is 4.36. The first-order chi connectivity index (χ1) is 7.20. The number of hydrogen-bond acceptors (Lipinski definition) is 4. The van der Waals surface area contributed by atoms with Crippen LogP contribution in [0.15, 0.2) is 36.5 Å². The summed E-state index contributed by atoms with van der Waals surface area (Å²) in [5.41, 5.74) is 6.00. The molecule has 82 valence electrons. The Balaban J connectivity index is 3.11. The van der Waals surface area contributed by atoms with E-state index in [0.717, 1.165) is 0 Å². The van der Waals surface area contributed by atoms with Crippen molar-refractivity contribution in [3.8, 4) is 0 Å². The van der Waals surface area contributed by atoms with Crippen LogP contribution in [0, 0.1) is 0 Å². The zero-order chi connectivity index (χ0) is 11.3. The fraction of sp³-hybridized carbons (Fsp3) is 0.300. The minimum atomic E-state index is -0.375. The van der Waals surface area contributed by atoms with Crippen LogP contribution in [0.1, 0.15) is 0 Å². The summed E-state index contributed by atoms with van der Waals surface area (Å²) in [4.78, 5) is 0. The van der Waals surface area contributed by atoms with E-state index < -0.39 is 0 Å². The van der Waals surface area contributed by atoms with Gasteiger partial charge in [0.15, 0.2) is 12.4 Å². The average Bonchev–Trinajstić information content (AvgIpc) is 2.26. The number of hydrogen-bond donors (Lipinski definition) is 1. The Morgan fingerprint density at radius 3 is 2.13 bits per heavy atom. The fourth-order valence-electron chi connectivity index (χ4n) is 1.24. The van der Waals surface area contributed by atoms with Gasteiger partial charge in [0, 0.05) is 18.0 Å². The highest BCUT2D eigenvalue weighted by atomic mass is 32.2. The number of aromatic nitrogens is 1. The maximum atomic E-state index is 11.4. The lowest BCUT2D eigenvalue weighted by Crippen LogP contribution is -2.40. The number of nitrogens with zero attached hydrogens (tertiary/aromatic N) is 1. The predicted octanol–water partition coefficient (Wildman–Crippen LogP) is 0.471. The Bertz CT molecular complexity index is 333. The van der Waals surface area contributed by atoms with E-state index in [-0.39, 0.29) is 10.5 Å². The molecule has 1 aromatic heterocycles. The molecule has 5 heteroatoms. The second-order valence-corrected chi connectivity index (χ2v) is 5.02. The predicted molar refractivity (Wildman–Crippen MR) is 64.9 cm³/mol. The van der Waals surface area contributed by atoms with E-state index in [1.54, 1.807) is 28.1 Å². The van der Waals surface area contributed by atoms with Gasteiger partial charge in [-0.15, -0.1) is 23.5 Å². The third kappa shape index (κ3) is 3.07. The van der Waals surface area contributed by atoms with Gasteiger partial charge in [-0.05, 0) is 12.5 Å². The minimum Gasteiger partial charge on any atom is -0.856 e. The van der Waals surface area contributed by atoms with Crippen molar-refractivity contribution in [3.05, 3.63) is 36.5 Å². The van der Waals surface area contributed by atoms with Gasteiger partial charge < -0.3 is 10.8 Å². The molecule has 0 saturated heterocycles. The van der Waals surface area contributed by atoms with Crippen LogP contribution in [-0.4, -0.2) is 17.1 Å². The van der Waals surface area contributed by atoms with Crippen molar-refractivity contribution in [1.29, 1.82) is 0 Å². The van der Waals surface area contributed by atoms with Crippen molar-refractivity contribution in [1.82, 2.24) is 0 Å². The molecule has 0 radical (unpaired) electrons. The molecule has 0 aliphatic heterocycles. The summed E-state index contributed by atoms with van der Waals surface area (Å²) in [6.07, 6.45) is 7.60. The first kappa shape index (κ1) is 12.3. The van der Waals surface area contributed by atoms with Crippen molar-refractivity contribution < 1.29 is 9.67 Å². The second kappa shape index (κ2) is 5.92. The van der Waals surface area contributed by atoms with Crippen LogP contribution in [0.25, 0.3) is 5.70 Å². The molecule has 2 N–H and O–H groups in total. The molecule has 1 heterocycles. The summed E-state index contributed by atoms with van der Waals surface area (Å²) in [5.74, 6) is -0.375. The number of pyridine rings is 1. The maximum Gasteiger partial charge on any atom is 0.217 e. The second-order valence-electron chi connectivity index (χ2n) is 2.84. The summed E-state index contributed by atoms with van der Waals surface area (Å²) in [6, 6.07) is 5.66. The number of rotatable bonds is 4. The summed E-state index contributed by atoms with van der Waals surface area (Å²) < 4.78 is 1.84. The summed E-state index contributed by atoms with van der Waals surface area (Å²) in [5, 5.41) is 11.4. The van der Waals surface area contributed by atoms with Gasteiger partial charge in [-0.3, -0.25) is 0 Å². The van der Waals surface area contributed by atoms with Crippen LogP contribution in [0.4, 0.5) is 0 Å². The topological polar surface area (TPSA) is 53.0 Å². The van der Waals surface area contributed by atoms with Gasteiger partial charge in [-0.1, -0.05) is 6.07 Å². The van der Waals surface area contributed by atoms with Gasteiger partial charge in [-0.2, -0.15) is 4.57 Å². The van der Waals surface area contributed by atoms with Crippen molar-refractivity contribution in [2.75, 3.05) is 12.5 Å². The Morgan fingerprint density at radius 2 is 1.73 bits per heavy atom. The largest absolute Gasteiger partial charge is 0.856 e. The zero-order valence-corrected chi connectivity index (χ0v) is 10.3. The molecule has 0 saturated carbocycles. The van der Waals surface area contributed by atoms with Gasteiger partial charge in [0.1, 0.15) is 4.58 Å². The minimum absolute atomic E-state index is 0.0647. The van der Waals surface area contributed by atoms with Gasteiger partial charge in [0.2, 0.25) is 5.70 Å². The smallest absolute Gasteiger partial charge is 0.217 e. The highest BCUT2D eigenvalue weighted by molar-refractivity contribution is 8.17. The average molecular weight is 242 g/mol. The number of nitrogens with two attached hydrogens (primary N) is 1. The molecule has 15 heavy (non-hydrogen) atoms. The van der Waals surface area contributed by atoms with Crippen molar-refractivity contribution in [2.24, 2.45) is 5.73 Å². The van der Waals surface area contributed by atoms with Crippen LogP contribution in [0.2, 0.25) is 0 Å². The van der Waals surface area contributed by atoms with Crippen LogP contribution < -0.4 is 15.4 Å². The zero-order valence-electron chi connectivity index (χ0n) is 8.71. The normalized spacial score (nSPS) is 12.7. The highest BCUT2D eigenvalue weighted by Gasteiger charge is 2.21. The Labute approximate surface area is 98.4 Å². The van der Waals surface area contributed by atoms with Crippen LogP contribution >= 0.6 is 23.5 Å². The molecular formula is C10H14N2OS2. The molecule has 0 atom stereocenters. The summed E-state index contributed by atoms with van der Waals surface area (Å²) in [7, 11) is 0. The highest BCUT2D eigenvalue weighted by Crippen LogP contribution is 2.26. The lowest BCUT2D eigenvalue weighted by atomic mass is 10.4. The Hall–Kier alpha value is -0.810.